The highest BCUT2D eigenvalue weighted by Gasteiger charge is 2.14. The Hall–Kier alpha value is -1.55. The van der Waals surface area contributed by atoms with E-state index in [9.17, 15) is 9.90 Å². The summed E-state index contributed by atoms with van der Waals surface area (Å²) >= 11 is 0. The third-order valence-corrected chi connectivity index (χ3v) is 3.75. The average molecular weight is 277 g/mol. The van der Waals surface area contributed by atoms with Crippen molar-refractivity contribution >= 4 is 5.91 Å². The van der Waals surface area contributed by atoms with E-state index in [1.165, 1.54) is 25.3 Å². The van der Waals surface area contributed by atoms with E-state index in [1.807, 2.05) is 6.92 Å². The lowest BCUT2D eigenvalue weighted by atomic mass is 9.98. The Labute approximate surface area is 120 Å². The molecular formula is C16H23NO3. The molecule has 110 valence electrons. The predicted molar refractivity (Wildman–Crippen MR) is 78.0 cm³/mol. The zero-order chi connectivity index (χ0) is 14.4. The highest BCUT2D eigenvalue weighted by atomic mass is 16.5. The number of ether oxygens (including phenoxy) is 1. The van der Waals surface area contributed by atoms with Gasteiger partial charge < -0.3 is 15.2 Å². The lowest BCUT2D eigenvalue weighted by molar-refractivity contribution is 0.0299. The number of amides is 1. The second kappa shape index (κ2) is 7.29. The van der Waals surface area contributed by atoms with Crippen LogP contribution >= 0.6 is 0 Å². The van der Waals surface area contributed by atoms with Gasteiger partial charge in [0.25, 0.3) is 5.91 Å². The molecule has 1 saturated carbocycles. The quantitative estimate of drug-likeness (QED) is 0.814. The van der Waals surface area contributed by atoms with Crippen LogP contribution in [0.5, 0.6) is 5.75 Å². The SMILES string of the molecule is Cc1cc(O)ccc1C(=O)NCCOC1CCCCC1. The van der Waals surface area contributed by atoms with Crippen LogP contribution in [0.2, 0.25) is 0 Å². The molecule has 1 aromatic rings. The van der Waals surface area contributed by atoms with Crippen LogP contribution in [0.3, 0.4) is 0 Å². The molecule has 0 radical (unpaired) electrons. The maximum Gasteiger partial charge on any atom is 0.251 e. The summed E-state index contributed by atoms with van der Waals surface area (Å²) in [4.78, 5) is 12.0. The molecule has 1 aromatic carbocycles. The van der Waals surface area contributed by atoms with Crippen molar-refractivity contribution in [2.24, 2.45) is 0 Å². The van der Waals surface area contributed by atoms with Crippen LogP contribution in [0.1, 0.15) is 48.0 Å². The number of hydrogen-bond donors (Lipinski definition) is 2. The van der Waals surface area contributed by atoms with Crippen LogP contribution in [0.15, 0.2) is 18.2 Å². The van der Waals surface area contributed by atoms with Crippen LogP contribution in [0.4, 0.5) is 0 Å². The predicted octanol–water partition coefficient (Wildman–Crippen LogP) is 2.78. The molecule has 0 bridgehead atoms. The summed E-state index contributed by atoms with van der Waals surface area (Å²) in [5.41, 5.74) is 1.37. The van der Waals surface area contributed by atoms with Gasteiger partial charge in [0.1, 0.15) is 5.75 Å². The fourth-order valence-corrected chi connectivity index (χ4v) is 2.62. The summed E-state index contributed by atoms with van der Waals surface area (Å²) < 4.78 is 5.76. The minimum absolute atomic E-state index is 0.116. The molecule has 0 saturated heterocycles. The van der Waals surface area contributed by atoms with Crippen LogP contribution < -0.4 is 5.32 Å². The highest BCUT2D eigenvalue weighted by Crippen LogP contribution is 2.20. The summed E-state index contributed by atoms with van der Waals surface area (Å²) in [6.45, 7) is 2.90. The van der Waals surface area contributed by atoms with Gasteiger partial charge in [-0.2, -0.15) is 0 Å². The number of nitrogens with one attached hydrogen (secondary N) is 1. The fourth-order valence-electron chi connectivity index (χ4n) is 2.62. The van der Waals surface area contributed by atoms with Crippen LogP contribution in [-0.4, -0.2) is 30.3 Å². The standard InChI is InChI=1S/C16H23NO3/c1-12-11-13(18)7-8-15(12)16(19)17-9-10-20-14-5-3-2-4-6-14/h7-8,11,14,18H,2-6,9-10H2,1H3,(H,17,19). The number of carbonyl (C=O) groups is 1. The fraction of sp³-hybridized carbons (Fsp3) is 0.562. The van der Waals surface area contributed by atoms with Gasteiger partial charge in [0.05, 0.1) is 12.7 Å². The van der Waals surface area contributed by atoms with Crippen molar-refractivity contribution in [1.29, 1.82) is 0 Å². The van der Waals surface area contributed by atoms with Gasteiger partial charge >= 0.3 is 0 Å². The Bertz CT molecular complexity index is 453. The summed E-state index contributed by atoms with van der Waals surface area (Å²) in [6.07, 6.45) is 6.48. The van der Waals surface area contributed by atoms with Crippen molar-refractivity contribution in [2.45, 2.75) is 45.1 Å². The van der Waals surface area contributed by atoms with Gasteiger partial charge in [-0.05, 0) is 43.5 Å². The maximum atomic E-state index is 12.0. The molecule has 0 aromatic heterocycles. The van der Waals surface area contributed by atoms with E-state index in [4.69, 9.17) is 4.74 Å². The molecule has 4 heteroatoms. The van der Waals surface area contributed by atoms with Crippen molar-refractivity contribution in [3.8, 4) is 5.75 Å². The third-order valence-electron chi connectivity index (χ3n) is 3.75. The van der Waals surface area contributed by atoms with E-state index < -0.39 is 0 Å². The second-order valence-corrected chi connectivity index (χ2v) is 5.39. The average Bonchev–Trinajstić information content (AvgIpc) is 2.44. The van der Waals surface area contributed by atoms with E-state index in [-0.39, 0.29) is 11.7 Å². The van der Waals surface area contributed by atoms with E-state index in [0.717, 1.165) is 18.4 Å². The molecule has 1 fully saturated rings. The molecule has 1 amide bonds. The van der Waals surface area contributed by atoms with Crippen LogP contribution in [-0.2, 0) is 4.74 Å². The first kappa shape index (κ1) is 14.9. The number of phenolic OH excluding ortho intramolecular Hbond substituents is 1. The molecule has 20 heavy (non-hydrogen) atoms. The second-order valence-electron chi connectivity index (χ2n) is 5.39. The molecule has 1 aliphatic rings. The van der Waals surface area contributed by atoms with E-state index in [2.05, 4.69) is 5.32 Å². The van der Waals surface area contributed by atoms with Gasteiger partial charge in [-0.3, -0.25) is 4.79 Å². The largest absolute Gasteiger partial charge is 0.508 e. The lowest BCUT2D eigenvalue weighted by Crippen LogP contribution is -2.29. The Morgan fingerprint density at radius 3 is 2.80 bits per heavy atom. The maximum absolute atomic E-state index is 12.0. The normalized spacial score (nSPS) is 16.1. The topological polar surface area (TPSA) is 58.6 Å². The van der Waals surface area contributed by atoms with E-state index in [0.29, 0.717) is 24.8 Å². The summed E-state index contributed by atoms with van der Waals surface area (Å²) in [5, 5.41) is 12.2. The number of carbonyl (C=O) groups excluding carboxylic acids is 1. The molecule has 0 unspecified atom stereocenters. The molecule has 4 nitrogen and oxygen atoms in total. The first-order valence-electron chi connectivity index (χ1n) is 7.36. The molecule has 0 aliphatic heterocycles. The lowest BCUT2D eigenvalue weighted by Gasteiger charge is -2.22. The van der Waals surface area contributed by atoms with Crippen LogP contribution in [0, 0.1) is 6.92 Å². The Morgan fingerprint density at radius 1 is 1.35 bits per heavy atom. The minimum Gasteiger partial charge on any atom is -0.508 e. The van der Waals surface area contributed by atoms with Gasteiger partial charge in [-0.1, -0.05) is 19.3 Å². The van der Waals surface area contributed by atoms with Gasteiger partial charge in [-0.25, -0.2) is 0 Å². The zero-order valence-electron chi connectivity index (χ0n) is 12.0. The first-order chi connectivity index (χ1) is 9.66. The summed E-state index contributed by atoms with van der Waals surface area (Å²) in [6, 6.07) is 4.76. The first-order valence-corrected chi connectivity index (χ1v) is 7.36. The summed E-state index contributed by atoms with van der Waals surface area (Å²) in [5.74, 6) is 0.0643. The van der Waals surface area contributed by atoms with Crippen molar-refractivity contribution in [3.63, 3.8) is 0 Å². The van der Waals surface area contributed by atoms with Crippen LogP contribution in [0.25, 0.3) is 0 Å². The smallest absolute Gasteiger partial charge is 0.251 e. The summed E-state index contributed by atoms with van der Waals surface area (Å²) in [7, 11) is 0. The third kappa shape index (κ3) is 4.23. The molecular weight excluding hydrogens is 254 g/mol. The minimum atomic E-state index is -0.116. The zero-order valence-corrected chi connectivity index (χ0v) is 12.0. The molecule has 2 rings (SSSR count). The Balaban J connectivity index is 1.72. The van der Waals surface area contributed by atoms with Gasteiger partial charge in [0, 0.05) is 12.1 Å². The number of aromatic hydroxyl groups is 1. The van der Waals surface area contributed by atoms with E-state index >= 15 is 0 Å². The van der Waals surface area contributed by atoms with Gasteiger partial charge in [0.15, 0.2) is 0 Å². The Morgan fingerprint density at radius 2 is 2.10 bits per heavy atom. The van der Waals surface area contributed by atoms with Gasteiger partial charge in [-0.15, -0.1) is 0 Å². The van der Waals surface area contributed by atoms with Gasteiger partial charge in [0.2, 0.25) is 0 Å². The van der Waals surface area contributed by atoms with Crippen molar-refractivity contribution in [3.05, 3.63) is 29.3 Å². The molecule has 0 atom stereocenters. The van der Waals surface area contributed by atoms with Crippen molar-refractivity contribution in [1.82, 2.24) is 5.32 Å². The molecule has 2 N–H and O–H groups in total. The molecule has 0 heterocycles. The molecule has 1 aliphatic carbocycles. The van der Waals surface area contributed by atoms with Crippen molar-refractivity contribution < 1.29 is 14.6 Å². The number of hydrogen-bond acceptors (Lipinski definition) is 3. The number of rotatable bonds is 5. The highest BCUT2D eigenvalue weighted by molar-refractivity contribution is 5.95. The van der Waals surface area contributed by atoms with Crippen molar-refractivity contribution in [2.75, 3.05) is 13.2 Å². The number of phenols is 1. The number of benzene rings is 1. The van der Waals surface area contributed by atoms with E-state index in [1.54, 1.807) is 12.1 Å². The monoisotopic (exact) mass is 277 g/mol. The Kier molecular flexibility index (Phi) is 5.41. The molecule has 0 spiro atoms. The number of aryl methyl sites for hydroxylation is 1.